The van der Waals surface area contributed by atoms with E-state index in [-0.39, 0.29) is 0 Å². The van der Waals surface area contributed by atoms with Crippen molar-refractivity contribution in [1.29, 1.82) is 0 Å². The van der Waals surface area contributed by atoms with Gasteiger partial charge in [0.1, 0.15) is 0 Å². The van der Waals surface area contributed by atoms with Gasteiger partial charge in [-0.1, -0.05) is 36.4 Å². The summed E-state index contributed by atoms with van der Waals surface area (Å²) in [6.07, 6.45) is 7.12. The van der Waals surface area contributed by atoms with Crippen LogP contribution < -0.4 is 0 Å². The highest BCUT2D eigenvalue weighted by atomic mass is 15.3. The zero-order chi connectivity index (χ0) is 17.1. The third kappa shape index (κ3) is 4.10. The van der Waals surface area contributed by atoms with Gasteiger partial charge in [-0.3, -0.25) is 14.8 Å². The topological polar surface area (TPSA) is 19.4 Å². The van der Waals surface area contributed by atoms with E-state index in [1.807, 2.05) is 6.20 Å². The minimum Gasteiger partial charge on any atom is -0.297 e. The predicted octanol–water partition coefficient (Wildman–Crippen LogP) is 3.67. The lowest BCUT2D eigenvalue weighted by Crippen LogP contribution is -2.51. The summed E-state index contributed by atoms with van der Waals surface area (Å²) in [6, 6.07) is 15.2. The molecule has 1 saturated carbocycles. The maximum Gasteiger partial charge on any atom is 0.0404 e. The van der Waals surface area contributed by atoms with E-state index in [2.05, 4.69) is 64.2 Å². The number of benzene rings is 1. The summed E-state index contributed by atoms with van der Waals surface area (Å²) in [5, 5.41) is 0. The number of piperazine rings is 1. The minimum absolute atomic E-state index is 0.478. The monoisotopic (exact) mass is 335 g/mol. The number of rotatable bonds is 6. The molecule has 2 fully saturated rings. The van der Waals surface area contributed by atoms with Gasteiger partial charge in [0.25, 0.3) is 0 Å². The summed E-state index contributed by atoms with van der Waals surface area (Å²) in [5.74, 6) is 0. The maximum atomic E-state index is 4.59. The predicted molar refractivity (Wildman–Crippen MR) is 103 cm³/mol. The van der Waals surface area contributed by atoms with Gasteiger partial charge in [-0.2, -0.15) is 0 Å². The Morgan fingerprint density at radius 2 is 1.72 bits per heavy atom. The fraction of sp³-hybridized carbons (Fsp3) is 0.500. The van der Waals surface area contributed by atoms with Gasteiger partial charge in [0.05, 0.1) is 0 Å². The van der Waals surface area contributed by atoms with Crippen molar-refractivity contribution in [3.8, 4) is 0 Å². The van der Waals surface area contributed by atoms with Crippen LogP contribution >= 0.6 is 0 Å². The lowest BCUT2D eigenvalue weighted by Gasteiger charge is -2.40. The molecule has 25 heavy (non-hydrogen) atoms. The van der Waals surface area contributed by atoms with Crippen molar-refractivity contribution < 1.29 is 0 Å². The Morgan fingerprint density at radius 3 is 2.36 bits per heavy atom. The van der Waals surface area contributed by atoms with Gasteiger partial charge in [0, 0.05) is 50.2 Å². The summed E-state index contributed by atoms with van der Waals surface area (Å²) < 4.78 is 0. The van der Waals surface area contributed by atoms with Crippen molar-refractivity contribution >= 4 is 0 Å². The first-order chi connectivity index (χ1) is 12.2. The Bertz CT molecular complexity index is 668. The highest BCUT2D eigenvalue weighted by molar-refractivity contribution is 5.16. The Hall–Kier alpha value is -1.71. The van der Waals surface area contributed by atoms with E-state index in [0.29, 0.717) is 5.54 Å². The molecular formula is C22H29N3. The van der Waals surface area contributed by atoms with Crippen LogP contribution in [0.15, 0.2) is 48.7 Å². The third-order valence-corrected chi connectivity index (χ3v) is 5.94. The molecule has 1 aromatic heterocycles. The normalized spacial score (nSPS) is 20.5. The van der Waals surface area contributed by atoms with Gasteiger partial charge in [-0.25, -0.2) is 0 Å². The number of aromatic nitrogens is 1. The zero-order valence-electron chi connectivity index (χ0n) is 15.3. The van der Waals surface area contributed by atoms with E-state index < -0.39 is 0 Å². The molecule has 0 spiro atoms. The van der Waals surface area contributed by atoms with Crippen LogP contribution in [0.2, 0.25) is 0 Å². The van der Waals surface area contributed by atoms with Crippen molar-refractivity contribution in [3.63, 3.8) is 0 Å². The van der Waals surface area contributed by atoms with Crippen LogP contribution in [-0.2, 0) is 13.0 Å². The smallest absolute Gasteiger partial charge is 0.0404 e. The van der Waals surface area contributed by atoms with Crippen LogP contribution in [0.25, 0.3) is 0 Å². The molecule has 1 aromatic carbocycles. The zero-order valence-corrected chi connectivity index (χ0v) is 15.3. The average Bonchev–Trinajstić information content (AvgIpc) is 3.44. The van der Waals surface area contributed by atoms with Gasteiger partial charge < -0.3 is 0 Å². The molecule has 2 aliphatic rings. The highest BCUT2D eigenvalue weighted by Gasteiger charge is 2.47. The molecule has 0 radical (unpaired) electrons. The Kier molecular flexibility index (Phi) is 4.87. The van der Waals surface area contributed by atoms with E-state index in [1.165, 1.54) is 62.3 Å². The molecule has 0 unspecified atom stereocenters. The number of hydrogen-bond donors (Lipinski definition) is 0. The molecule has 3 heteroatoms. The SMILES string of the molecule is Cc1ccc(CCC2(N3CCN(Cc4ccccc4)CC3)CC2)nc1. The second kappa shape index (κ2) is 7.27. The molecule has 2 aromatic rings. The molecule has 132 valence electrons. The van der Waals surface area contributed by atoms with Crippen molar-refractivity contribution in [2.75, 3.05) is 26.2 Å². The average molecular weight is 335 g/mol. The molecule has 0 amide bonds. The Balaban J connectivity index is 1.27. The Labute approximate surface area is 151 Å². The lowest BCUT2D eigenvalue weighted by atomic mass is 10.0. The number of aryl methyl sites for hydroxylation is 2. The van der Waals surface area contributed by atoms with Crippen LogP contribution in [0.4, 0.5) is 0 Å². The molecule has 0 bridgehead atoms. The first-order valence-corrected chi connectivity index (χ1v) is 9.66. The van der Waals surface area contributed by atoms with Crippen LogP contribution in [0.3, 0.4) is 0 Å². The summed E-state index contributed by atoms with van der Waals surface area (Å²) in [7, 11) is 0. The van der Waals surface area contributed by atoms with Crippen molar-refractivity contribution in [2.45, 2.75) is 44.7 Å². The van der Waals surface area contributed by atoms with Gasteiger partial charge >= 0.3 is 0 Å². The molecule has 0 N–H and O–H groups in total. The molecular weight excluding hydrogens is 306 g/mol. The van der Waals surface area contributed by atoms with Gasteiger partial charge in [0.15, 0.2) is 0 Å². The third-order valence-electron chi connectivity index (χ3n) is 5.94. The summed E-state index contributed by atoms with van der Waals surface area (Å²) in [4.78, 5) is 9.95. The second-order valence-electron chi connectivity index (χ2n) is 7.80. The molecule has 2 heterocycles. The summed E-state index contributed by atoms with van der Waals surface area (Å²) in [5.41, 5.74) is 4.41. The van der Waals surface area contributed by atoms with Crippen LogP contribution in [0.5, 0.6) is 0 Å². The van der Waals surface area contributed by atoms with E-state index in [0.717, 1.165) is 13.0 Å². The number of pyridine rings is 1. The van der Waals surface area contributed by atoms with Gasteiger partial charge in [-0.05, 0) is 49.8 Å². The van der Waals surface area contributed by atoms with E-state index in [4.69, 9.17) is 0 Å². The van der Waals surface area contributed by atoms with Crippen LogP contribution in [0, 0.1) is 6.92 Å². The Morgan fingerprint density at radius 1 is 0.960 bits per heavy atom. The van der Waals surface area contributed by atoms with Crippen LogP contribution in [-0.4, -0.2) is 46.5 Å². The first kappa shape index (κ1) is 16.7. The summed E-state index contributed by atoms with van der Waals surface area (Å²) >= 11 is 0. The quantitative estimate of drug-likeness (QED) is 0.803. The van der Waals surface area contributed by atoms with E-state index in [1.54, 1.807) is 0 Å². The first-order valence-electron chi connectivity index (χ1n) is 9.66. The molecule has 1 saturated heterocycles. The fourth-order valence-electron chi connectivity index (χ4n) is 4.10. The molecule has 3 nitrogen and oxygen atoms in total. The second-order valence-corrected chi connectivity index (χ2v) is 7.80. The fourth-order valence-corrected chi connectivity index (χ4v) is 4.10. The minimum atomic E-state index is 0.478. The van der Waals surface area contributed by atoms with E-state index in [9.17, 15) is 0 Å². The largest absolute Gasteiger partial charge is 0.297 e. The van der Waals surface area contributed by atoms with Crippen molar-refractivity contribution in [2.24, 2.45) is 0 Å². The van der Waals surface area contributed by atoms with Crippen molar-refractivity contribution in [1.82, 2.24) is 14.8 Å². The highest BCUT2D eigenvalue weighted by Crippen LogP contribution is 2.45. The summed E-state index contributed by atoms with van der Waals surface area (Å²) in [6.45, 7) is 8.02. The van der Waals surface area contributed by atoms with Gasteiger partial charge in [0.2, 0.25) is 0 Å². The van der Waals surface area contributed by atoms with Gasteiger partial charge in [-0.15, -0.1) is 0 Å². The van der Waals surface area contributed by atoms with E-state index >= 15 is 0 Å². The number of hydrogen-bond acceptors (Lipinski definition) is 3. The number of nitrogens with zero attached hydrogens (tertiary/aromatic N) is 3. The standard InChI is InChI=1S/C22H29N3/c1-19-7-8-21(23-17-19)9-10-22(11-12-22)25-15-13-24(14-16-25)18-20-5-3-2-4-6-20/h2-8,17H,9-16,18H2,1H3. The maximum absolute atomic E-state index is 4.59. The van der Waals surface area contributed by atoms with Crippen molar-refractivity contribution in [3.05, 3.63) is 65.5 Å². The van der Waals surface area contributed by atoms with Crippen LogP contribution in [0.1, 0.15) is 36.1 Å². The molecule has 1 aliphatic carbocycles. The lowest BCUT2D eigenvalue weighted by molar-refractivity contribution is 0.0767. The molecule has 1 aliphatic heterocycles. The molecule has 0 atom stereocenters. The molecule has 4 rings (SSSR count).